The summed E-state index contributed by atoms with van der Waals surface area (Å²) >= 11 is 0. The fourth-order valence-electron chi connectivity index (χ4n) is 3.69. The number of anilines is 1. The van der Waals surface area contributed by atoms with Crippen LogP contribution in [-0.2, 0) is 27.4 Å². The van der Waals surface area contributed by atoms with Crippen molar-refractivity contribution in [2.24, 2.45) is 11.1 Å². The number of fused-ring (bicyclic) bond motifs is 1. The van der Waals surface area contributed by atoms with Crippen LogP contribution < -0.4 is 10.2 Å². The van der Waals surface area contributed by atoms with Crippen LogP contribution in [0.5, 0.6) is 0 Å². The van der Waals surface area contributed by atoms with Crippen molar-refractivity contribution >= 4 is 29.4 Å². The summed E-state index contributed by atoms with van der Waals surface area (Å²) in [5, 5.41) is 19.2. The SMILES string of the molecule is CC(=O)NC(=NO)C1CC(=O)N(c2cnn3c2CN(C(=O)OC(C)(C)C)[C@@H](C)C3)C1. The van der Waals surface area contributed by atoms with Crippen molar-refractivity contribution in [1.82, 2.24) is 20.0 Å². The zero-order valence-corrected chi connectivity index (χ0v) is 17.9. The Hall–Kier alpha value is -3.11. The quantitative estimate of drug-likeness (QED) is 0.321. The van der Waals surface area contributed by atoms with E-state index in [4.69, 9.17) is 4.74 Å². The molecule has 1 aromatic heterocycles. The van der Waals surface area contributed by atoms with Gasteiger partial charge in [-0.3, -0.25) is 19.2 Å². The molecular weight excluding hydrogens is 392 g/mol. The van der Waals surface area contributed by atoms with Crippen LogP contribution in [0.2, 0.25) is 0 Å². The van der Waals surface area contributed by atoms with Crippen molar-refractivity contribution in [3.05, 3.63) is 11.9 Å². The summed E-state index contributed by atoms with van der Waals surface area (Å²) in [7, 11) is 0. The van der Waals surface area contributed by atoms with Gasteiger partial charge in [-0.2, -0.15) is 5.10 Å². The summed E-state index contributed by atoms with van der Waals surface area (Å²) in [6, 6.07) is -0.116. The summed E-state index contributed by atoms with van der Waals surface area (Å²) in [6.07, 6.45) is 1.28. The molecule has 0 radical (unpaired) electrons. The van der Waals surface area contributed by atoms with E-state index in [1.54, 1.807) is 20.7 Å². The number of amidine groups is 1. The Morgan fingerprint density at radius 3 is 2.63 bits per heavy atom. The van der Waals surface area contributed by atoms with E-state index in [-0.39, 0.29) is 43.2 Å². The normalized spacial score (nSPS) is 22.2. The highest BCUT2D eigenvalue weighted by atomic mass is 16.6. The van der Waals surface area contributed by atoms with Crippen LogP contribution in [0.3, 0.4) is 0 Å². The standard InChI is InChI=1S/C19H28N6O5/c1-11-8-25-15(10-23(11)18(28)30-19(3,4)5)14(7-20-25)24-9-13(6-16(24)27)17(22-29)21-12(2)26/h7,11,13,29H,6,8-10H2,1-5H3,(H,21,22,26)/t11-,13?/m0/s1. The minimum atomic E-state index is -0.612. The number of ether oxygens (including phenoxy) is 1. The smallest absolute Gasteiger partial charge is 0.410 e. The number of nitrogens with one attached hydrogen (secondary N) is 1. The first-order valence-electron chi connectivity index (χ1n) is 9.84. The van der Waals surface area contributed by atoms with Gasteiger partial charge in [0.2, 0.25) is 11.8 Å². The van der Waals surface area contributed by atoms with E-state index in [2.05, 4.69) is 15.6 Å². The second kappa shape index (κ2) is 7.96. The van der Waals surface area contributed by atoms with Crippen LogP contribution in [0, 0.1) is 5.92 Å². The van der Waals surface area contributed by atoms with Crippen molar-refractivity contribution in [1.29, 1.82) is 0 Å². The molecule has 3 rings (SSSR count). The minimum absolute atomic E-state index is 0.0587. The van der Waals surface area contributed by atoms with Gasteiger partial charge in [-0.05, 0) is 27.7 Å². The van der Waals surface area contributed by atoms with Gasteiger partial charge in [-0.1, -0.05) is 5.16 Å². The van der Waals surface area contributed by atoms with Crippen LogP contribution in [0.15, 0.2) is 11.4 Å². The number of rotatable bonds is 2. The van der Waals surface area contributed by atoms with Crippen molar-refractivity contribution < 1.29 is 24.3 Å². The molecule has 0 saturated carbocycles. The summed E-state index contributed by atoms with van der Waals surface area (Å²) in [5.41, 5.74) is 0.720. The fourth-order valence-corrected chi connectivity index (χ4v) is 3.69. The molecule has 11 nitrogen and oxygen atoms in total. The molecule has 1 aromatic rings. The number of carbonyl (C=O) groups is 3. The second-order valence-corrected chi connectivity index (χ2v) is 8.69. The number of hydrogen-bond donors (Lipinski definition) is 2. The third kappa shape index (κ3) is 4.39. The highest BCUT2D eigenvalue weighted by Crippen LogP contribution is 2.32. The fraction of sp³-hybridized carbons (Fsp3) is 0.632. The van der Waals surface area contributed by atoms with Gasteiger partial charge in [0, 0.05) is 25.8 Å². The van der Waals surface area contributed by atoms with Gasteiger partial charge in [-0.25, -0.2) is 4.79 Å². The zero-order valence-electron chi connectivity index (χ0n) is 17.9. The molecule has 30 heavy (non-hydrogen) atoms. The average Bonchev–Trinajstić information content (AvgIpc) is 3.19. The van der Waals surface area contributed by atoms with E-state index < -0.39 is 17.6 Å². The van der Waals surface area contributed by atoms with E-state index in [0.29, 0.717) is 12.2 Å². The predicted molar refractivity (Wildman–Crippen MR) is 107 cm³/mol. The average molecular weight is 420 g/mol. The van der Waals surface area contributed by atoms with Crippen molar-refractivity contribution in [3.63, 3.8) is 0 Å². The molecule has 11 heteroatoms. The molecule has 1 saturated heterocycles. The maximum atomic E-state index is 12.7. The van der Waals surface area contributed by atoms with Crippen LogP contribution in [-0.4, -0.2) is 61.8 Å². The maximum Gasteiger partial charge on any atom is 0.410 e. The Morgan fingerprint density at radius 2 is 2.03 bits per heavy atom. The highest BCUT2D eigenvalue weighted by Gasteiger charge is 2.39. The van der Waals surface area contributed by atoms with E-state index in [9.17, 15) is 19.6 Å². The first kappa shape index (κ1) is 21.6. The molecule has 2 N–H and O–H groups in total. The lowest BCUT2D eigenvalue weighted by Gasteiger charge is -2.36. The number of oxime groups is 1. The number of hydrogen-bond acceptors (Lipinski definition) is 7. The van der Waals surface area contributed by atoms with Crippen molar-refractivity contribution in [3.8, 4) is 0 Å². The molecule has 2 atom stereocenters. The number of amides is 3. The summed E-state index contributed by atoms with van der Waals surface area (Å²) in [6.45, 7) is 9.64. The topological polar surface area (TPSA) is 129 Å². The highest BCUT2D eigenvalue weighted by molar-refractivity contribution is 6.05. The van der Waals surface area contributed by atoms with Gasteiger partial charge in [0.05, 0.1) is 36.7 Å². The van der Waals surface area contributed by atoms with Gasteiger partial charge in [0.1, 0.15) is 5.60 Å². The van der Waals surface area contributed by atoms with Crippen molar-refractivity contribution in [2.75, 3.05) is 11.4 Å². The van der Waals surface area contributed by atoms with E-state index in [1.165, 1.54) is 6.92 Å². The summed E-state index contributed by atoms with van der Waals surface area (Å²) in [4.78, 5) is 39.8. The molecule has 1 fully saturated rings. The third-order valence-corrected chi connectivity index (χ3v) is 5.06. The predicted octanol–water partition coefficient (Wildman–Crippen LogP) is 1.30. The molecule has 164 valence electrons. The van der Waals surface area contributed by atoms with Gasteiger partial charge in [0.25, 0.3) is 0 Å². The van der Waals surface area contributed by atoms with E-state index in [1.807, 2.05) is 27.7 Å². The first-order chi connectivity index (χ1) is 14.0. The largest absolute Gasteiger partial charge is 0.444 e. The molecule has 3 amide bonds. The van der Waals surface area contributed by atoms with Crippen LogP contribution in [0.25, 0.3) is 0 Å². The Kier molecular flexibility index (Phi) is 5.73. The molecule has 3 heterocycles. The number of aromatic nitrogens is 2. The van der Waals surface area contributed by atoms with Crippen molar-refractivity contribution in [2.45, 2.75) is 65.8 Å². The third-order valence-electron chi connectivity index (χ3n) is 5.06. The number of nitrogens with zero attached hydrogens (tertiary/aromatic N) is 5. The second-order valence-electron chi connectivity index (χ2n) is 8.69. The van der Waals surface area contributed by atoms with Crippen LogP contribution in [0.1, 0.15) is 46.7 Å². The monoisotopic (exact) mass is 420 g/mol. The van der Waals surface area contributed by atoms with Gasteiger partial charge in [-0.15, -0.1) is 0 Å². The van der Waals surface area contributed by atoms with Gasteiger partial charge < -0.3 is 20.2 Å². The molecule has 1 unspecified atom stereocenters. The molecule has 2 aliphatic heterocycles. The molecule has 0 aromatic carbocycles. The minimum Gasteiger partial charge on any atom is -0.444 e. The zero-order chi connectivity index (χ0) is 22.2. The Bertz CT molecular complexity index is 886. The van der Waals surface area contributed by atoms with Crippen LogP contribution in [0.4, 0.5) is 10.5 Å². The van der Waals surface area contributed by atoms with Gasteiger partial charge in [0.15, 0.2) is 5.84 Å². The molecule has 2 aliphatic rings. The molecular formula is C19H28N6O5. The first-order valence-corrected chi connectivity index (χ1v) is 9.84. The Balaban J connectivity index is 1.81. The lowest BCUT2D eigenvalue weighted by Crippen LogP contribution is -2.47. The summed E-state index contributed by atoms with van der Waals surface area (Å²) in [5.74, 6) is -0.946. The maximum absolute atomic E-state index is 12.7. The lowest BCUT2D eigenvalue weighted by molar-refractivity contribution is -0.118. The Morgan fingerprint density at radius 1 is 1.33 bits per heavy atom. The molecule has 0 aliphatic carbocycles. The van der Waals surface area contributed by atoms with Gasteiger partial charge >= 0.3 is 6.09 Å². The lowest BCUT2D eigenvalue weighted by atomic mass is 10.1. The van der Waals surface area contributed by atoms with E-state index in [0.717, 1.165) is 5.69 Å². The Labute approximate surface area is 174 Å². The van der Waals surface area contributed by atoms with E-state index >= 15 is 0 Å². The number of carbonyl (C=O) groups excluding carboxylic acids is 3. The van der Waals surface area contributed by atoms with Crippen LogP contribution >= 0.6 is 0 Å². The molecule has 0 spiro atoms. The molecule has 0 bridgehead atoms. The summed E-state index contributed by atoms with van der Waals surface area (Å²) < 4.78 is 7.31.